The lowest BCUT2D eigenvalue weighted by molar-refractivity contribution is -0.135. The summed E-state index contributed by atoms with van der Waals surface area (Å²) < 4.78 is 5.26. The Kier molecular flexibility index (Phi) is 4.88. The topological polar surface area (TPSA) is 79.5 Å². The van der Waals surface area contributed by atoms with Gasteiger partial charge in [0.1, 0.15) is 0 Å². The third-order valence-corrected chi connectivity index (χ3v) is 4.22. The predicted molar refractivity (Wildman–Crippen MR) is 87.0 cm³/mol. The molecule has 1 aliphatic rings. The van der Waals surface area contributed by atoms with Crippen molar-refractivity contribution in [3.05, 3.63) is 35.7 Å². The van der Waals surface area contributed by atoms with Crippen molar-refractivity contribution in [2.75, 3.05) is 26.2 Å². The quantitative estimate of drug-likeness (QED) is 0.773. The van der Waals surface area contributed by atoms with Gasteiger partial charge in [0.25, 0.3) is 0 Å². The third-order valence-electron chi connectivity index (χ3n) is 4.22. The van der Waals surface area contributed by atoms with Gasteiger partial charge in [-0.05, 0) is 12.5 Å². The van der Waals surface area contributed by atoms with Crippen LogP contribution in [-0.2, 0) is 16.0 Å². The molecule has 7 heteroatoms. The SMILES string of the molecule is Cc1ccccc1-c1noc(CCC(=O)N2CCN(C=O)CC2)n1. The highest BCUT2D eigenvalue weighted by Crippen LogP contribution is 2.20. The van der Waals surface area contributed by atoms with Crippen LogP contribution in [0.15, 0.2) is 28.8 Å². The van der Waals surface area contributed by atoms with E-state index in [9.17, 15) is 9.59 Å². The van der Waals surface area contributed by atoms with Crippen LogP contribution in [0.1, 0.15) is 17.9 Å². The monoisotopic (exact) mass is 328 g/mol. The Hall–Kier alpha value is -2.70. The molecule has 2 aromatic rings. The number of amides is 2. The van der Waals surface area contributed by atoms with Gasteiger partial charge < -0.3 is 14.3 Å². The van der Waals surface area contributed by atoms with Gasteiger partial charge in [0, 0.05) is 44.6 Å². The summed E-state index contributed by atoms with van der Waals surface area (Å²) in [4.78, 5) is 30.7. The number of benzene rings is 1. The fraction of sp³-hybridized carbons (Fsp3) is 0.412. The molecule has 0 spiro atoms. The van der Waals surface area contributed by atoms with Gasteiger partial charge in [-0.1, -0.05) is 29.4 Å². The van der Waals surface area contributed by atoms with E-state index in [1.165, 1.54) is 0 Å². The number of aromatic nitrogens is 2. The second-order valence-corrected chi connectivity index (χ2v) is 5.85. The number of piperazine rings is 1. The van der Waals surface area contributed by atoms with Crippen molar-refractivity contribution in [1.82, 2.24) is 19.9 Å². The zero-order chi connectivity index (χ0) is 16.9. The summed E-state index contributed by atoms with van der Waals surface area (Å²) in [7, 11) is 0. The number of carbonyl (C=O) groups is 2. The minimum atomic E-state index is 0.0520. The third kappa shape index (κ3) is 3.61. The maximum atomic E-state index is 12.2. The molecule has 1 aromatic carbocycles. The second kappa shape index (κ2) is 7.25. The van der Waals surface area contributed by atoms with Crippen LogP contribution in [0.3, 0.4) is 0 Å². The Morgan fingerprint density at radius 3 is 2.71 bits per heavy atom. The molecule has 7 nitrogen and oxygen atoms in total. The van der Waals surface area contributed by atoms with Crippen molar-refractivity contribution < 1.29 is 14.1 Å². The van der Waals surface area contributed by atoms with Gasteiger partial charge in [-0.25, -0.2) is 0 Å². The highest BCUT2D eigenvalue weighted by molar-refractivity contribution is 5.76. The standard InChI is InChI=1S/C17H20N4O3/c1-13-4-2-3-5-14(13)17-18-15(24-19-17)6-7-16(23)21-10-8-20(12-22)9-11-21/h2-5,12H,6-11H2,1H3. The van der Waals surface area contributed by atoms with Crippen LogP contribution in [0.25, 0.3) is 11.4 Å². The normalized spacial score (nSPS) is 14.7. The zero-order valence-corrected chi connectivity index (χ0v) is 13.6. The number of hydrogen-bond donors (Lipinski definition) is 0. The van der Waals surface area contributed by atoms with Crippen LogP contribution in [0.4, 0.5) is 0 Å². The van der Waals surface area contributed by atoms with Crippen LogP contribution in [-0.4, -0.2) is 58.4 Å². The molecule has 0 radical (unpaired) electrons. The lowest BCUT2D eigenvalue weighted by Crippen LogP contribution is -2.48. The molecule has 0 aliphatic carbocycles. The Balaban J connectivity index is 1.55. The number of rotatable bonds is 5. The van der Waals surface area contributed by atoms with E-state index in [1.807, 2.05) is 31.2 Å². The fourth-order valence-electron chi connectivity index (χ4n) is 2.74. The Bertz CT molecular complexity index is 720. The molecule has 1 aromatic heterocycles. The first kappa shape index (κ1) is 16.2. The smallest absolute Gasteiger partial charge is 0.227 e. The Morgan fingerprint density at radius 2 is 2.00 bits per heavy atom. The lowest BCUT2D eigenvalue weighted by atomic mass is 10.1. The van der Waals surface area contributed by atoms with Gasteiger partial charge in [0.05, 0.1) is 0 Å². The molecule has 2 heterocycles. The summed E-state index contributed by atoms with van der Waals surface area (Å²) >= 11 is 0. The van der Waals surface area contributed by atoms with E-state index in [1.54, 1.807) is 9.80 Å². The molecule has 1 fully saturated rings. The summed E-state index contributed by atoms with van der Waals surface area (Å²) in [6.07, 6.45) is 1.58. The molecule has 3 rings (SSSR count). The largest absolute Gasteiger partial charge is 0.342 e. The highest BCUT2D eigenvalue weighted by Gasteiger charge is 2.20. The van der Waals surface area contributed by atoms with Crippen LogP contribution in [0.5, 0.6) is 0 Å². The van der Waals surface area contributed by atoms with E-state index < -0.39 is 0 Å². The predicted octanol–water partition coefficient (Wildman–Crippen LogP) is 1.28. The van der Waals surface area contributed by atoms with Crippen molar-refractivity contribution in [1.29, 1.82) is 0 Å². The minimum absolute atomic E-state index is 0.0520. The molecule has 1 saturated heterocycles. The maximum Gasteiger partial charge on any atom is 0.227 e. The molecule has 1 aliphatic heterocycles. The highest BCUT2D eigenvalue weighted by atomic mass is 16.5. The van der Waals surface area contributed by atoms with Gasteiger partial charge in [-0.2, -0.15) is 4.98 Å². The maximum absolute atomic E-state index is 12.2. The van der Waals surface area contributed by atoms with E-state index in [0.29, 0.717) is 50.7 Å². The van der Waals surface area contributed by atoms with Crippen molar-refractivity contribution >= 4 is 12.3 Å². The van der Waals surface area contributed by atoms with Gasteiger partial charge in [-0.15, -0.1) is 0 Å². The molecule has 24 heavy (non-hydrogen) atoms. The van der Waals surface area contributed by atoms with Gasteiger partial charge in [-0.3, -0.25) is 9.59 Å². The van der Waals surface area contributed by atoms with E-state index in [-0.39, 0.29) is 5.91 Å². The van der Waals surface area contributed by atoms with E-state index in [2.05, 4.69) is 10.1 Å². The molecule has 0 bridgehead atoms. The van der Waals surface area contributed by atoms with Crippen molar-refractivity contribution in [3.63, 3.8) is 0 Å². The first-order valence-corrected chi connectivity index (χ1v) is 8.03. The zero-order valence-electron chi connectivity index (χ0n) is 13.6. The van der Waals surface area contributed by atoms with Gasteiger partial charge >= 0.3 is 0 Å². The summed E-state index contributed by atoms with van der Waals surface area (Å²) in [5, 5.41) is 4.00. The minimum Gasteiger partial charge on any atom is -0.342 e. The van der Waals surface area contributed by atoms with E-state index >= 15 is 0 Å². The molecule has 0 N–H and O–H groups in total. The van der Waals surface area contributed by atoms with Crippen LogP contribution < -0.4 is 0 Å². The molecule has 0 atom stereocenters. The molecule has 126 valence electrons. The van der Waals surface area contributed by atoms with Crippen LogP contribution in [0, 0.1) is 6.92 Å². The molecular weight excluding hydrogens is 308 g/mol. The van der Waals surface area contributed by atoms with Crippen LogP contribution >= 0.6 is 0 Å². The number of nitrogens with zero attached hydrogens (tertiary/aromatic N) is 4. The average Bonchev–Trinajstić information content (AvgIpc) is 3.09. The lowest BCUT2D eigenvalue weighted by Gasteiger charge is -2.32. The molecular formula is C17H20N4O3. The van der Waals surface area contributed by atoms with Crippen LogP contribution in [0.2, 0.25) is 0 Å². The summed E-state index contributed by atoms with van der Waals surface area (Å²) in [6.45, 7) is 4.33. The van der Waals surface area contributed by atoms with Gasteiger partial charge in [0.2, 0.25) is 24.0 Å². The Labute approximate surface area is 140 Å². The van der Waals surface area contributed by atoms with Crippen molar-refractivity contribution in [3.8, 4) is 11.4 Å². The summed E-state index contributed by atoms with van der Waals surface area (Å²) in [5.74, 6) is 1.07. The Morgan fingerprint density at radius 1 is 1.25 bits per heavy atom. The number of aryl methyl sites for hydroxylation is 2. The van der Waals surface area contributed by atoms with Gasteiger partial charge in [0.15, 0.2) is 0 Å². The molecule has 0 unspecified atom stereocenters. The number of carbonyl (C=O) groups excluding carboxylic acids is 2. The summed E-state index contributed by atoms with van der Waals surface area (Å²) in [6, 6.07) is 7.83. The first-order chi connectivity index (χ1) is 11.7. The van der Waals surface area contributed by atoms with Crippen molar-refractivity contribution in [2.45, 2.75) is 19.8 Å². The molecule has 2 amide bonds. The second-order valence-electron chi connectivity index (χ2n) is 5.85. The average molecular weight is 328 g/mol. The summed E-state index contributed by atoms with van der Waals surface area (Å²) in [5.41, 5.74) is 2.01. The first-order valence-electron chi connectivity index (χ1n) is 8.03. The van der Waals surface area contributed by atoms with Crippen molar-refractivity contribution in [2.24, 2.45) is 0 Å². The number of hydrogen-bond acceptors (Lipinski definition) is 5. The fourth-order valence-corrected chi connectivity index (χ4v) is 2.74. The van der Waals surface area contributed by atoms with E-state index in [0.717, 1.165) is 17.5 Å². The van der Waals surface area contributed by atoms with E-state index in [4.69, 9.17) is 4.52 Å². The molecule has 0 saturated carbocycles.